The van der Waals surface area contributed by atoms with E-state index in [1.165, 1.54) is 0 Å². The summed E-state index contributed by atoms with van der Waals surface area (Å²) in [7, 11) is 0. The van der Waals surface area contributed by atoms with Crippen molar-refractivity contribution < 1.29 is 0 Å². The summed E-state index contributed by atoms with van der Waals surface area (Å²) in [4.78, 5) is 11.8. The van der Waals surface area contributed by atoms with E-state index in [1.54, 1.807) is 6.20 Å². The molecular formula is C12H7ClIN3. The third-order valence-electron chi connectivity index (χ3n) is 2.45. The van der Waals surface area contributed by atoms with Crippen LogP contribution in [-0.4, -0.2) is 15.0 Å². The first-order valence-corrected chi connectivity index (χ1v) is 6.46. The molecular weight excluding hydrogens is 349 g/mol. The van der Waals surface area contributed by atoms with Gasteiger partial charge in [-0.05, 0) is 46.9 Å². The molecule has 0 amide bonds. The Morgan fingerprint density at radius 1 is 1.24 bits per heavy atom. The second-order valence-electron chi connectivity index (χ2n) is 3.59. The van der Waals surface area contributed by atoms with E-state index in [2.05, 4.69) is 37.5 Å². The Morgan fingerprint density at radius 2 is 2.12 bits per heavy atom. The first kappa shape index (κ1) is 11.0. The molecule has 3 rings (SSSR count). The highest BCUT2D eigenvalue weighted by atomic mass is 127. The molecule has 0 saturated carbocycles. The van der Waals surface area contributed by atoms with Crippen LogP contribution in [0.4, 0.5) is 0 Å². The summed E-state index contributed by atoms with van der Waals surface area (Å²) >= 11 is 8.30. The lowest BCUT2D eigenvalue weighted by Gasteiger charge is -1.99. The maximum absolute atomic E-state index is 6.10. The number of nitrogens with one attached hydrogen (secondary N) is 1. The molecule has 0 unspecified atom stereocenters. The number of aromatic amines is 1. The molecule has 3 nitrogen and oxygen atoms in total. The molecule has 1 N–H and O–H groups in total. The lowest BCUT2D eigenvalue weighted by atomic mass is 10.2. The monoisotopic (exact) mass is 355 g/mol. The number of benzene rings is 1. The molecule has 0 aliphatic heterocycles. The van der Waals surface area contributed by atoms with Crippen LogP contribution in [0.15, 0.2) is 36.5 Å². The SMILES string of the molecule is Clc1cc(-c2nc3ncccc3[nH]2)ccc1I. The number of hydrogen-bond donors (Lipinski definition) is 1. The third-order valence-corrected chi connectivity index (χ3v) is 4.02. The van der Waals surface area contributed by atoms with Crippen LogP contribution in [0.1, 0.15) is 0 Å². The highest BCUT2D eigenvalue weighted by molar-refractivity contribution is 14.1. The van der Waals surface area contributed by atoms with E-state index < -0.39 is 0 Å². The minimum atomic E-state index is 0.720. The van der Waals surface area contributed by atoms with Crippen molar-refractivity contribution in [3.05, 3.63) is 45.1 Å². The van der Waals surface area contributed by atoms with Gasteiger partial charge in [0.2, 0.25) is 0 Å². The van der Waals surface area contributed by atoms with Crippen LogP contribution >= 0.6 is 34.2 Å². The Kier molecular flexibility index (Phi) is 2.76. The van der Waals surface area contributed by atoms with E-state index in [4.69, 9.17) is 11.6 Å². The van der Waals surface area contributed by atoms with Gasteiger partial charge in [0.25, 0.3) is 0 Å². The summed E-state index contributed by atoms with van der Waals surface area (Å²) in [6.45, 7) is 0. The molecule has 0 saturated heterocycles. The quantitative estimate of drug-likeness (QED) is 0.673. The molecule has 17 heavy (non-hydrogen) atoms. The van der Waals surface area contributed by atoms with E-state index in [1.807, 2.05) is 30.3 Å². The Morgan fingerprint density at radius 3 is 2.88 bits per heavy atom. The van der Waals surface area contributed by atoms with Gasteiger partial charge in [-0.1, -0.05) is 17.7 Å². The summed E-state index contributed by atoms with van der Waals surface area (Å²) < 4.78 is 1.03. The van der Waals surface area contributed by atoms with E-state index in [9.17, 15) is 0 Å². The van der Waals surface area contributed by atoms with E-state index >= 15 is 0 Å². The predicted octanol–water partition coefficient (Wildman–Crippen LogP) is 3.88. The number of fused-ring (bicyclic) bond motifs is 1. The fraction of sp³-hybridized carbons (Fsp3) is 0. The normalized spacial score (nSPS) is 10.9. The smallest absolute Gasteiger partial charge is 0.178 e. The van der Waals surface area contributed by atoms with Crippen LogP contribution in [0.3, 0.4) is 0 Å². The largest absolute Gasteiger partial charge is 0.337 e. The fourth-order valence-corrected chi connectivity index (χ4v) is 2.14. The van der Waals surface area contributed by atoms with Gasteiger partial charge in [0, 0.05) is 15.3 Å². The van der Waals surface area contributed by atoms with Crippen LogP contribution in [0.25, 0.3) is 22.6 Å². The first-order valence-electron chi connectivity index (χ1n) is 5.00. The van der Waals surface area contributed by atoms with Gasteiger partial charge < -0.3 is 4.98 Å². The van der Waals surface area contributed by atoms with Crippen LogP contribution in [-0.2, 0) is 0 Å². The molecule has 3 aromatic rings. The lowest BCUT2D eigenvalue weighted by molar-refractivity contribution is 1.30. The van der Waals surface area contributed by atoms with Crippen molar-refractivity contribution in [2.24, 2.45) is 0 Å². The molecule has 1 aromatic carbocycles. The molecule has 0 radical (unpaired) electrons. The van der Waals surface area contributed by atoms with Gasteiger partial charge in [0.05, 0.1) is 10.5 Å². The molecule has 0 spiro atoms. The van der Waals surface area contributed by atoms with Crippen molar-refractivity contribution in [1.82, 2.24) is 15.0 Å². The molecule has 84 valence electrons. The van der Waals surface area contributed by atoms with Crippen molar-refractivity contribution in [2.75, 3.05) is 0 Å². The number of nitrogens with zero attached hydrogens (tertiary/aromatic N) is 2. The summed E-state index contributed by atoms with van der Waals surface area (Å²) in [6.07, 6.45) is 1.73. The van der Waals surface area contributed by atoms with Crippen molar-refractivity contribution >= 4 is 45.4 Å². The Hall–Kier alpha value is -1.14. The zero-order chi connectivity index (χ0) is 11.8. The second kappa shape index (κ2) is 4.27. The van der Waals surface area contributed by atoms with Gasteiger partial charge in [-0.15, -0.1) is 0 Å². The minimum Gasteiger partial charge on any atom is -0.337 e. The molecule has 0 bridgehead atoms. The number of rotatable bonds is 1. The maximum atomic E-state index is 6.10. The van der Waals surface area contributed by atoms with Gasteiger partial charge in [-0.3, -0.25) is 0 Å². The maximum Gasteiger partial charge on any atom is 0.178 e. The van der Waals surface area contributed by atoms with E-state index in [0.717, 1.165) is 31.1 Å². The average molecular weight is 356 g/mol. The Bertz CT molecular complexity index is 660. The first-order chi connectivity index (χ1) is 8.24. The Balaban J connectivity index is 2.17. The topological polar surface area (TPSA) is 41.6 Å². The Labute approximate surface area is 116 Å². The van der Waals surface area contributed by atoms with Crippen molar-refractivity contribution in [2.45, 2.75) is 0 Å². The summed E-state index contributed by atoms with van der Waals surface area (Å²) in [5, 5.41) is 0.733. The third kappa shape index (κ3) is 2.02. The van der Waals surface area contributed by atoms with E-state index in [-0.39, 0.29) is 0 Å². The molecule has 2 aromatic heterocycles. The summed E-state index contributed by atoms with van der Waals surface area (Å²) in [6, 6.07) is 9.70. The van der Waals surface area contributed by atoms with Crippen LogP contribution in [0, 0.1) is 3.57 Å². The fourth-order valence-electron chi connectivity index (χ4n) is 1.63. The molecule has 0 fully saturated rings. The molecule has 0 atom stereocenters. The average Bonchev–Trinajstić information content (AvgIpc) is 2.76. The lowest BCUT2D eigenvalue weighted by Crippen LogP contribution is -1.82. The standard InChI is InChI=1S/C12H7ClIN3/c13-8-6-7(3-4-9(8)14)11-16-10-2-1-5-15-12(10)17-11/h1-6H,(H,15,16,17). The molecule has 5 heteroatoms. The summed E-state index contributed by atoms with van der Waals surface area (Å²) in [5.74, 6) is 0.789. The van der Waals surface area contributed by atoms with E-state index in [0.29, 0.717) is 0 Å². The minimum absolute atomic E-state index is 0.720. The number of H-pyrrole nitrogens is 1. The number of hydrogen-bond acceptors (Lipinski definition) is 2. The van der Waals surface area contributed by atoms with Crippen LogP contribution < -0.4 is 0 Å². The zero-order valence-electron chi connectivity index (χ0n) is 8.61. The van der Waals surface area contributed by atoms with Crippen LogP contribution in [0.2, 0.25) is 5.02 Å². The van der Waals surface area contributed by atoms with Gasteiger partial charge in [0.15, 0.2) is 5.65 Å². The van der Waals surface area contributed by atoms with Crippen LogP contribution in [0.5, 0.6) is 0 Å². The van der Waals surface area contributed by atoms with Gasteiger partial charge in [-0.25, -0.2) is 9.97 Å². The second-order valence-corrected chi connectivity index (χ2v) is 5.16. The number of aromatic nitrogens is 3. The number of pyridine rings is 1. The number of halogens is 2. The zero-order valence-corrected chi connectivity index (χ0v) is 11.5. The van der Waals surface area contributed by atoms with Gasteiger partial charge in [-0.2, -0.15) is 0 Å². The number of imidazole rings is 1. The van der Waals surface area contributed by atoms with Gasteiger partial charge >= 0.3 is 0 Å². The highest BCUT2D eigenvalue weighted by Gasteiger charge is 2.07. The van der Waals surface area contributed by atoms with Crippen molar-refractivity contribution in [3.63, 3.8) is 0 Å². The molecule has 0 aliphatic rings. The van der Waals surface area contributed by atoms with Crippen molar-refractivity contribution in [3.8, 4) is 11.4 Å². The highest BCUT2D eigenvalue weighted by Crippen LogP contribution is 2.25. The summed E-state index contributed by atoms with van der Waals surface area (Å²) in [5.41, 5.74) is 2.61. The predicted molar refractivity (Wildman–Crippen MR) is 77.1 cm³/mol. The molecule has 2 heterocycles. The molecule has 0 aliphatic carbocycles. The van der Waals surface area contributed by atoms with Crippen molar-refractivity contribution in [1.29, 1.82) is 0 Å². The van der Waals surface area contributed by atoms with Gasteiger partial charge in [0.1, 0.15) is 5.82 Å².